The highest BCUT2D eigenvalue weighted by molar-refractivity contribution is 5.81. The number of nitrogens with zero attached hydrogens (tertiary/aromatic N) is 3. The standard InChI is InChI=1S/C18H20N4O3/c1-11-3-2-4-12(7-11)18-20-16(25-21-18)5-6-17(24)22-9-13-8-15(23)19-14(13)10-22/h2-4,7,13-14H,5-6,8-10H2,1H3,(H,19,23)/t13-,14+/m0/s1. The molecule has 7 heteroatoms. The van der Waals surface area contributed by atoms with Crippen LogP contribution in [0.15, 0.2) is 28.8 Å². The van der Waals surface area contributed by atoms with E-state index in [4.69, 9.17) is 4.52 Å². The van der Waals surface area contributed by atoms with Gasteiger partial charge in [0, 0.05) is 43.8 Å². The van der Waals surface area contributed by atoms with Gasteiger partial charge in [0.25, 0.3) is 0 Å². The first kappa shape index (κ1) is 15.8. The molecule has 1 N–H and O–H groups in total. The van der Waals surface area contributed by atoms with Crippen molar-refractivity contribution in [1.29, 1.82) is 0 Å². The number of benzene rings is 1. The maximum Gasteiger partial charge on any atom is 0.227 e. The van der Waals surface area contributed by atoms with Crippen LogP contribution in [0.3, 0.4) is 0 Å². The van der Waals surface area contributed by atoms with Gasteiger partial charge >= 0.3 is 0 Å². The molecule has 25 heavy (non-hydrogen) atoms. The molecule has 0 spiro atoms. The summed E-state index contributed by atoms with van der Waals surface area (Å²) in [5.74, 6) is 1.44. The van der Waals surface area contributed by atoms with Crippen LogP contribution in [0.5, 0.6) is 0 Å². The van der Waals surface area contributed by atoms with Gasteiger partial charge in [-0.3, -0.25) is 9.59 Å². The third-order valence-corrected chi connectivity index (χ3v) is 4.88. The number of nitrogens with one attached hydrogen (secondary N) is 1. The number of aryl methyl sites for hydroxylation is 2. The summed E-state index contributed by atoms with van der Waals surface area (Å²) in [6, 6.07) is 8.01. The number of hydrogen-bond donors (Lipinski definition) is 1. The molecule has 0 radical (unpaired) electrons. The normalized spacial score (nSPS) is 22.1. The Kier molecular flexibility index (Phi) is 3.99. The summed E-state index contributed by atoms with van der Waals surface area (Å²) in [6.07, 6.45) is 1.29. The van der Waals surface area contributed by atoms with Crippen molar-refractivity contribution in [2.75, 3.05) is 13.1 Å². The Bertz CT molecular complexity index is 800. The zero-order chi connectivity index (χ0) is 17.4. The van der Waals surface area contributed by atoms with E-state index in [1.54, 1.807) is 0 Å². The molecule has 4 rings (SSSR count). The van der Waals surface area contributed by atoms with Gasteiger partial charge < -0.3 is 14.7 Å². The quantitative estimate of drug-likeness (QED) is 0.907. The molecular weight excluding hydrogens is 320 g/mol. The van der Waals surface area contributed by atoms with Gasteiger partial charge in [0.2, 0.25) is 23.5 Å². The van der Waals surface area contributed by atoms with E-state index in [0.29, 0.717) is 44.1 Å². The number of hydrogen-bond acceptors (Lipinski definition) is 5. The van der Waals surface area contributed by atoms with Crippen molar-refractivity contribution in [2.24, 2.45) is 5.92 Å². The lowest BCUT2D eigenvalue weighted by Gasteiger charge is -2.16. The molecule has 7 nitrogen and oxygen atoms in total. The lowest BCUT2D eigenvalue weighted by atomic mass is 10.1. The third-order valence-electron chi connectivity index (χ3n) is 4.88. The maximum atomic E-state index is 12.4. The Morgan fingerprint density at radius 3 is 3.08 bits per heavy atom. The van der Waals surface area contributed by atoms with Gasteiger partial charge in [-0.25, -0.2) is 0 Å². The second-order valence-corrected chi connectivity index (χ2v) is 6.82. The average Bonchev–Trinajstić information content (AvgIpc) is 3.27. The number of aromatic nitrogens is 2. The summed E-state index contributed by atoms with van der Waals surface area (Å²) in [6.45, 7) is 3.27. The Labute approximate surface area is 145 Å². The van der Waals surface area contributed by atoms with E-state index in [2.05, 4.69) is 15.5 Å². The Balaban J connectivity index is 1.33. The van der Waals surface area contributed by atoms with Crippen molar-refractivity contribution in [3.8, 4) is 11.4 Å². The lowest BCUT2D eigenvalue weighted by molar-refractivity contribution is -0.131. The number of likely N-dealkylation sites (tertiary alicyclic amines) is 1. The number of carbonyl (C=O) groups is 2. The van der Waals surface area contributed by atoms with E-state index >= 15 is 0 Å². The van der Waals surface area contributed by atoms with Crippen LogP contribution in [0, 0.1) is 12.8 Å². The van der Waals surface area contributed by atoms with Gasteiger partial charge in [-0.15, -0.1) is 0 Å². The monoisotopic (exact) mass is 340 g/mol. The molecule has 0 aliphatic carbocycles. The fraction of sp³-hybridized carbons (Fsp3) is 0.444. The fourth-order valence-electron chi connectivity index (χ4n) is 3.58. The minimum absolute atomic E-state index is 0.0685. The van der Waals surface area contributed by atoms with E-state index in [1.807, 2.05) is 36.1 Å². The largest absolute Gasteiger partial charge is 0.351 e. The van der Waals surface area contributed by atoms with Gasteiger partial charge in [-0.1, -0.05) is 28.9 Å². The minimum atomic E-state index is 0.0685. The van der Waals surface area contributed by atoms with E-state index in [1.165, 1.54) is 0 Å². The van der Waals surface area contributed by atoms with E-state index in [-0.39, 0.29) is 23.8 Å². The highest BCUT2D eigenvalue weighted by atomic mass is 16.5. The topological polar surface area (TPSA) is 88.3 Å². The summed E-state index contributed by atoms with van der Waals surface area (Å²) < 4.78 is 5.27. The summed E-state index contributed by atoms with van der Waals surface area (Å²) in [5.41, 5.74) is 2.04. The first-order valence-electron chi connectivity index (χ1n) is 8.55. The summed E-state index contributed by atoms with van der Waals surface area (Å²) in [7, 11) is 0. The highest BCUT2D eigenvalue weighted by Crippen LogP contribution is 2.26. The molecule has 2 aliphatic heterocycles. The van der Waals surface area contributed by atoms with Crippen molar-refractivity contribution in [1.82, 2.24) is 20.4 Å². The number of rotatable bonds is 4. The van der Waals surface area contributed by atoms with Gasteiger partial charge in [0.1, 0.15) is 0 Å². The molecule has 1 aromatic heterocycles. The zero-order valence-corrected chi connectivity index (χ0v) is 14.1. The van der Waals surface area contributed by atoms with Crippen molar-refractivity contribution in [3.63, 3.8) is 0 Å². The molecule has 130 valence electrons. The third kappa shape index (κ3) is 3.26. The predicted octanol–water partition coefficient (Wildman–Crippen LogP) is 1.32. The number of amides is 2. The van der Waals surface area contributed by atoms with Crippen LogP contribution in [0.25, 0.3) is 11.4 Å². The summed E-state index contributed by atoms with van der Waals surface area (Å²) in [5, 5.41) is 6.93. The van der Waals surface area contributed by atoms with Gasteiger partial charge in [0.05, 0.1) is 6.04 Å². The first-order valence-corrected chi connectivity index (χ1v) is 8.55. The molecule has 0 saturated carbocycles. The Hall–Kier alpha value is -2.70. The van der Waals surface area contributed by atoms with Crippen LogP contribution in [0.1, 0.15) is 24.3 Å². The molecule has 0 unspecified atom stereocenters. The predicted molar refractivity (Wildman–Crippen MR) is 89.4 cm³/mol. The smallest absolute Gasteiger partial charge is 0.227 e. The van der Waals surface area contributed by atoms with Crippen LogP contribution < -0.4 is 5.32 Å². The number of fused-ring (bicyclic) bond motifs is 1. The molecule has 2 fully saturated rings. The van der Waals surface area contributed by atoms with Crippen LogP contribution >= 0.6 is 0 Å². The summed E-state index contributed by atoms with van der Waals surface area (Å²) in [4.78, 5) is 29.9. The van der Waals surface area contributed by atoms with E-state index in [9.17, 15) is 9.59 Å². The van der Waals surface area contributed by atoms with Crippen LogP contribution in [0.4, 0.5) is 0 Å². The van der Waals surface area contributed by atoms with E-state index in [0.717, 1.165) is 11.1 Å². The molecule has 2 saturated heterocycles. The van der Waals surface area contributed by atoms with Gasteiger partial charge in [-0.05, 0) is 13.0 Å². The molecule has 3 heterocycles. The van der Waals surface area contributed by atoms with Gasteiger partial charge in [0.15, 0.2) is 0 Å². The van der Waals surface area contributed by atoms with Crippen molar-refractivity contribution < 1.29 is 14.1 Å². The molecular formula is C18H20N4O3. The Morgan fingerprint density at radius 1 is 1.40 bits per heavy atom. The zero-order valence-electron chi connectivity index (χ0n) is 14.1. The Morgan fingerprint density at radius 2 is 2.28 bits per heavy atom. The van der Waals surface area contributed by atoms with Crippen molar-refractivity contribution >= 4 is 11.8 Å². The van der Waals surface area contributed by atoms with Gasteiger partial charge in [-0.2, -0.15) is 4.98 Å². The van der Waals surface area contributed by atoms with Crippen LogP contribution in [-0.4, -0.2) is 46.0 Å². The molecule has 2 aliphatic rings. The van der Waals surface area contributed by atoms with E-state index < -0.39 is 0 Å². The maximum absolute atomic E-state index is 12.4. The van der Waals surface area contributed by atoms with Crippen molar-refractivity contribution in [3.05, 3.63) is 35.7 Å². The molecule has 0 bridgehead atoms. The lowest BCUT2D eigenvalue weighted by Crippen LogP contribution is -2.35. The second-order valence-electron chi connectivity index (χ2n) is 6.82. The highest BCUT2D eigenvalue weighted by Gasteiger charge is 2.41. The molecule has 2 amide bonds. The molecule has 2 atom stereocenters. The SMILES string of the molecule is Cc1cccc(-c2noc(CCC(=O)N3C[C@@H]4CC(=O)N[C@@H]4C3)n2)c1. The first-order chi connectivity index (χ1) is 12.1. The summed E-state index contributed by atoms with van der Waals surface area (Å²) >= 11 is 0. The molecule has 2 aromatic rings. The average molecular weight is 340 g/mol. The van der Waals surface area contributed by atoms with Crippen LogP contribution in [-0.2, 0) is 16.0 Å². The second kappa shape index (κ2) is 6.31. The number of carbonyl (C=O) groups excluding carboxylic acids is 2. The minimum Gasteiger partial charge on any atom is -0.351 e. The van der Waals surface area contributed by atoms with Crippen LogP contribution in [0.2, 0.25) is 0 Å². The van der Waals surface area contributed by atoms with Crippen molar-refractivity contribution in [2.45, 2.75) is 32.2 Å². The molecule has 1 aromatic carbocycles. The fourth-order valence-corrected chi connectivity index (χ4v) is 3.58.